The normalized spacial score (nSPS) is 24.8. The number of ether oxygens (including phenoxy) is 1. The summed E-state index contributed by atoms with van der Waals surface area (Å²) in [6.45, 7) is 2.28. The second kappa shape index (κ2) is 5.66. The van der Waals surface area contributed by atoms with Gasteiger partial charge in [-0.3, -0.25) is 10.1 Å². The molecule has 1 saturated heterocycles. The summed E-state index contributed by atoms with van der Waals surface area (Å²) in [6.07, 6.45) is 0.0765. The number of anilines is 1. The zero-order valence-electron chi connectivity index (χ0n) is 11.4. The molecule has 0 aromatic heterocycles. The predicted molar refractivity (Wildman–Crippen MR) is 73.5 cm³/mol. The summed E-state index contributed by atoms with van der Waals surface area (Å²) in [5.41, 5.74) is -1.37. The molecule has 1 fully saturated rings. The predicted octanol–water partition coefficient (Wildman–Crippen LogP) is 1.24. The number of nitro groups is 1. The lowest BCUT2D eigenvalue weighted by molar-refractivity contribution is -0.384. The minimum Gasteiger partial charge on any atom is -0.478 e. The van der Waals surface area contributed by atoms with Gasteiger partial charge < -0.3 is 20.3 Å². The van der Waals surface area contributed by atoms with Crippen molar-refractivity contribution in [2.45, 2.75) is 25.0 Å². The number of carboxylic acid groups (broad SMARTS) is 1. The third-order valence-corrected chi connectivity index (χ3v) is 3.69. The molecule has 1 aliphatic rings. The van der Waals surface area contributed by atoms with Crippen LogP contribution in [0.15, 0.2) is 18.2 Å². The van der Waals surface area contributed by atoms with Gasteiger partial charge in [-0.2, -0.15) is 0 Å². The second-order valence-corrected chi connectivity index (χ2v) is 5.01. The highest BCUT2D eigenvalue weighted by molar-refractivity contribution is 5.95. The number of hydrogen-bond acceptors (Lipinski definition) is 6. The molecule has 1 heterocycles. The van der Waals surface area contributed by atoms with Crippen LogP contribution in [0.5, 0.6) is 0 Å². The third-order valence-electron chi connectivity index (χ3n) is 3.69. The van der Waals surface area contributed by atoms with Crippen molar-refractivity contribution in [1.82, 2.24) is 0 Å². The summed E-state index contributed by atoms with van der Waals surface area (Å²) >= 11 is 0. The standard InChI is InChI=1S/C13H16N2O6/c1-8-13(18,4-5-21-8)7-14-11-3-2-9(15(19)20)6-10(11)12(16)17/h2-3,6,8,14,18H,4-5,7H2,1H3,(H,16,17). The summed E-state index contributed by atoms with van der Waals surface area (Å²) in [7, 11) is 0. The summed E-state index contributed by atoms with van der Waals surface area (Å²) in [4.78, 5) is 21.2. The van der Waals surface area contributed by atoms with Gasteiger partial charge in [0.15, 0.2) is 0 Å². The van der Waals surface area contributed by atoms with Gasteiger partial charge in [0.05, 0.1) is 16.6 Å². The Labute approximate surface area is 120 Å². The zero-order valence-corrected chi connectivity index (χ0v) is 11.4. The first-order valence-electron chi connectivity index (χ1n) is 6.43. The van der Waals surface area contributed by atoms with Crippen LogP contribution in [0.4, 0.5) is 11.4 Å². The van der Waals surface area contributed by atoms with Crippen LogP contribution in [0.2, 0.25) is 0 Å². The van der Waals surface area contributed by atoms with Crippen LogP contribution in [-0.2, 0) is 4.74 Å². The highest BCUT2D eigenvalue weighted by Crippen LogP contribution is 2.28. The van der Waals surface area contributed by atoms with Gasteiger partial charge in [0.2, 0.25) is 0 Å². The first kappa shape index (κ1) is 15.2. The van der Waals surface area contributed by atoms with Crippen molar-refractivity contribution >= 4 is 17.3 Å². The molecule has 0 bridgehead atoms. The lowest BCUT2D eigenvalue weighted by atomic mass is 9.96. The number of nitrogens with zero attached hydrogens (tertiary/aromatic N) is 1. The Balaban J connectivity index is 2.20. The van der Waals surface area contributed by atoms with Gasteiger partial charge in [-0.15, -0.1) is 0 Å². The number of aromatic carboxylic acids is 1. The third kappa shape index (κ3) is 3.11. The number of nitro benzene ring substituents is 1. The molecule has 8 nitrogen and oxygen atoms in total. The van der Waals surface area contributed by atoms with Crippen molar-refractivity contribution < 1.29 is 24.7 Å². The Morgan fingerprint density at radius 3 is 2.86 bits per heavy atom. The maximum absolute atomic E-state index is 11.2. The average molecular weight is 296 g/mol. The number of aliphatic hydroxyl groups is 1. The topological polar surface area (TPSA) is 122 Å². The molecule has 0 radical (unpaired) electrons. The van der Waals surface area contributed by atoms with Crippen LogP contribution < -0.4 is 5.32 Å². The van der Waals surface area contributed by atoms with E-state index in [9.17, 15) is 20.0 Å². The van der Waals surface area contributed by atoms with Crippen LogP contribution in [0, 0.1) is 10.1 Å². The van der Waals surface area contributed by atoms with Crippen molar-refractivity contribution in [2.24, 2.45) is 0 Å². The molecule has 1 aromatic rings. The van der Waals surface area contributed by atoms with Gasteiger partial charge in [0.25, 0.3) is 5.69 Å². The van der Waals surface area contributed by atoms with Gasteiger partial charge in [0, 0.05) is 37.4 Å². The average Bonchev–Trinajstić information content (AvgIpc) is 2.76. The number of rotatable bonds is 5. The fourth-order valence-corrected chi connectivity index (χ4v) is 2.23. The van der Waals surface area contributed by atoms with E-state index in [4.69, 9.17) is 9.84 Å². The van der Waals surface area contributed by atoms with Crippen molar-refractivity contribution in [2.75, 3.05) is 18.5 Å². The highest BCUT2D eigenvalue weighted by Gasteiger charge is 2.39. The van der Waals surface area contributed by atoms with Gasteiger partial charge in [0.1, 0.15) is 5.60 Å². The lowest BCUT2D eigenvalue weighted by Gasteiger charge is -2.27. The van der Waals surface area contributed by atoms with E-state index in [1.54, 1.807) is 6.92 Å². The number of nitrogens with one attached hydrogen (secondary N) is 1. The molecule has 0 saturated carbocycles. The molecular formula is C13H16N2O6. The van der Waals surface area contributed by atoms with Crippen molar-refractivity contribution in [3.05, 3.63) is 33.9 Å². The first-order valence-corrected chi connectivity index (χ1v) is 6.43. The fraction of sp³-hybridized carbons (Fsp3) is 0.462. The zero-order chi connectivity index (χ0) is 15.6. The number of benzene rings is 1. The SMILES string of the molecule is CC1OCCC1(O)CNc1ccc([N+](=O)[O-])cc1C(=O)O. The molecule has 3 N–H and O–H groups in total. The van der Waals surface area contributed by atoms with E-state index in [1.165, 1.54) is 12.1 Å². The molecule has 0 aliphatic carbocycles. The number of non-ortho nitro benzene ring substituents is 1. The monoisotopic (exact) mass is 296 g/mol. The lowest BCUT2D eigenvalue weighted by Crippen LogP contribution is -2.43. The first-order chi connectivity index (χ1) is 9.83. The number of carbonyl (C=O) groups is 1. The quantitative estimate of drug-likeness (QED) is 0.552. The smallest absolute Gasteiger partial charge is 0.338 e. The van der Waals surface area contributed by atoms with Gasteiger partial charge in [-0.25, -0.2) is 4.79 Å². The van der Waals surface area contributed by atoms with Crippen molar-refractivity contribution in [3.8, 4) is 0 Å². The molecule has 0 spiro atoms. The minimum atomic E-state index is -1.27. The maximum atomic E-state index is 11.2. The van der Waals surface area contributed by atoms with Crippen LogP contribution in [0.3, 0.4) is 0 Å². The molecule has 2 rings (SSSR count). The van der Waals surface area contributed by atoms with E-state index in [1.807, 2.05) is 0 Å². The largest absolute Gasteiger partial charge is 0.478 e. The van der Waals surface area contributed by atoms with E-state index in [2.05, 4.69) is 5.32 Å². The van der Waals surface area contributed by atoms with Crippen molar-refractivity contribution in [3.63, 3.8) is 0 Å². The van der Waals surface area contributed by atoms with Crippen molar-refractivity contribution in [1.29, 1.82) is 0 Å². The number of hydrogen-bond donors (Lipinski definition) is 3. The second-order valence-electron chi connectivity index (χ2n) is 5.01. The van der Waals surface area contributed by atoms with E-state index in [0.29, 0.717) is 13.0 Å². The minimum absolute atomic E-state index is 0.103. The number of carboxylic acids is 1. The Morgan fingerprint density at radius 2 is 2.33 bits per heavy atom. The Kier molecular flexibility index (Phi) is 4.10. The molecule has 0 amide bonds. The summed E-state index contributed by atoms with van der Waals surface area (Å²) in [6, 6.07) is 3.53. The van der Waals surface area contributed by atoms with Gasteiger partial charge >= 0.3 is 5.97 Å². The van der Waals surface area contributed by atoms with Gasteiger partial charge in [-0.05, 0) is 13.0 Å². The van der Waals surface area contributed by atoms with Crippen LogP contribution in [0.1, 0.15) is 23.7 Å². The molecule has 21 heavy (non-hydrogen) atoms. The van der Waals surface area contributed by atoms with E-state index >= 15 is 0 Å². The Bertz CT molecular complexity index is 576. The maximum Gasteiger partial charge on any atom is 0.338 e. The van der Waals surface area contributed by atoms with E-state index in [0.717, 1.165) is 6.07 Å². The van der Waals surface area contributed by atoms with Crippen LogP contribution in [-0.4, -0.2) is 46.0 Å². The van der Waals surface area contributed by atoms with Crippen LogP contribution in [0.25, 0.3) is 0 Å². The summed E-state index contributed by atoms with van der Waals surface area (Å²) in [5.74, 6) is -1.27. The summed E-state index contributed by atoms with van der Waals surface area (Å²) < 4.78 is 5.29. The summed E-state index contributed by atoms with van der Waals surface area (Å²) in [5, 5.41) is 33.0. The molecule has 1 aliphatic heterocycles. The molecular weight excluding hydrogens is 280 g/mol. The van der Waals surface area contributed by atoms with Crippen LogP contribution >= 0.6 is 0 Å². The molecule has 1 aromatic carbocycles. The molecule has 2 unspecified atom stereocenters. The van der Waals surface area contributed by atoms with E-state index in [-0.39, 0.29) is 29.6 Å². The Hall–Kier alpha value is -2.19. The van der Waals surface area contributed by atoms with E-state index < -0.39 is 16.5 Å². The molecule has 8 heteroatoms. The molecule has 2 atom stereocenters. The Morgan fingerprint density at radius 1 is 1.62 bits per heavy atom. The molecule has 114 valence electrons. The van der Waals surface area contributed by atoms with Gasteiger partial charge in [-0.1, -0.05) is 0 Å². The fourth-order valence-electron chi connectivity index (χ4n) is 2.23. The highest BCUT2D eigenvalue weighted by atomic mass is 16.6.